The van der Waals surface area contributed by atoms with Crippen LogP contribution >= 0.6 is 0 Å². The van der Waals surface area contributed by atoms with E-state index in [2.05, 4.69) is 5.32 Å². The number of methoxy groups -OCH3 is 1. The van der Waals surface area contributed by atoms with Gasteiger partial charge in [-0.3, -0.25) is 14.4 Å². The number of hydrogen-bond donors (Lipinski definition) is 1. The first kappa shape index (κ1) is 19.2. The molecule has 1 N–H and O–H groups in total. The molecule has 6 nitrogen and oxygen atoms in total. The summed E-state index contributed by atoms with van der Waals surface area (Å²) in [5, 5.41) is 2.45. The Morgan fingerprint density at radius 2 is 1.69 bits per heavy atom. The Kier molecular flexibility index (Phi) is 6.49. The summed E-state index contributed by atoms with van der Waals surface area (Å²) < 4.78 is 9.97. The van der Waals surface area contributed by atoms with Crippen molar-refractivity contribution in [2.75, 3.05) is 20.3 Å². The second-order valence-corrected chi connectivity index (χ2v) is 5.81. The number of rotatable bonds is 7. The summed E-state index contributed by atoms with van der Waals surface area (Å²) in [6.07, 6.45) is 0. The number of carbonyl (C=O) groups is 3. The van der Waals surface area contributed by atoms with Crippen LogP contribution < -0.4 is 10.1 Å². The largest absolute Gasteiger partial charge is 0.497 e. The van der Waals surface area contributed by atoms with Gasteiger partial charge >= 0.3 is 5.97 Å². The van der Waals surface area contributed by atoms with Crippen molar-refractivity contribution in [1.29, 1.82) is 0 Å². The first-order chi connectivity index (χ1) is 12.4. The van der Waals surface area contributed by atoms with E-state index >= 15 is 0 Å². The van der Waals surface area contributed by atoms with Crippen LogP contribution in [-0.4, -0.2) is 37.9 Å². The maximum Gasteiger partial charge on any atom is 0.325 e. The van der Waals surface area contributed by atoms with Gasteiger partial charge in [-0.15, -0.1) is 0 Å². The highest BCUT2D eigenvalue weighted by Crippen LogP contribution is 2.12. The highest BCUT2D eigenvalue weighted by molar-refractivity contribution is 6.00. The number of amides is 1. The molecular formula is C20H21NO5. The molecule has 0 aliphatic rings. The van der Waals surface area contributed by atoms with E-state index in [0.29, 0.717) is 16.9 Å². The van der Waals surface area contributed by atoms with Crippen molar-refractivity contribution in [3.8, 4) is 5.75 Å². The van der Waals surface area contributed by atoms with Crippen molar-refractivity contribution < 1.29 is 23.9 Å². The number of carbonyl (C=O) groups excluding carboxylic acids is 3. The molecule has 0 saturated carbocycles. The van der Waals surface area contributed by atoms with Gasteiger partial charge < -0.3 is 14.8 Å². The summed E-state index contributed by atoms with van der Waals surface area (Å²) >= 11 is 0. The highest BCUT2D eigenvalue weighted by atomic mass is 16.5. The minimum atomic E-state index is -0.675. The number of hydrogen-bond acceptors (Lipinski definition) is 5. The summed E-state index contributed by atoms with van der Waals surface area (Å²) in [5.41, 5.74) is 2.70. The molecule has 6 heteroatoms. The normalized spacial score (nSPS) is 10.1. The zero-order valence-electron chi connectivity index (χ0n) is 15.0. The molecule has 2 rings (SSSR count). The van der Waals surface area contributed by atoms with Gasteiger partial charge in [-0.05, 0) is 49.7 Å². The molecule has 136 valence electrons. The number of nitrogens with one attached hydrogen (secondary N) is 1. The second-order valence-electron chi connectivity index (χ2n) is 5.81. The van der Waals surface area contributed by atoms with Crippen LogP contribution in [0.15, 0.2) is 42.5 Å². The molecular weight excluding hydrogens is 334 g/mol. The Labute approximate surface area is 152 Å². The van der Waals surface area contributed by atoms with E-state index in [-0.39, 0.29) is 18.9 Å². The number of aryl methyl sites for hydroxylation is 2. The van der Waals surface area contributed by atoms with Gasteiger partial charge in [-0.25, -0.2) is 0 Å². The topological polar surface area (TPSA) is 81.7 Å². The lowest BCUT2D eigenvalue weighted by Gasteiger charge is -2.08. The van der Waals surface area contributed by atoms with Gasteiger partial charge in [0, 0.05) is 11.1 Å². The Bertz CT molecular complexity index is 811. The van der Waals surface area contributed by atoms with Crippen LogP contribution in [0.2, 0.25) is 0 Å². The van der Waals surface area contributed by atoms with Crippen molar-refractivity contribution in [3.63, 3.8) is 0 Å². The van der Waals surface area contributed by atoms with Crippen LogP contribution in [-0.2, 0) is 9.53 Å². The van der Waals surface area contributed by atoms with E-state index in [4.69, 9.17) is 9.47 Å². The van der Waals surface area contributed by atoms with E-state index in [0.717, 1.165) is 11.1 Å². The summed E-state index contributed by atoms with van der Waals surface area (Å²) in [4.78, 5) is 35.9. The predicted octanol–water partition coefficient (Wildman–Crippen LogP) is 2.47. The van der Waals surface area contributed by atoms with Crippen LogP contribution in [0.4, 0.5) is 0 Å². The van der Waals surface area contributed by atoms with Crippen LogP contribution in [0.3, 0.4) is 0 Å². The number of ketones is 1. The molecule has 0 saturated heterocycles. The number of benzene rings is 2. The van der Waals surface area contributed by atoms with Crippen LogP contribution in [0, 0.1) is 13.8 Å². The Balaban J connectivity index is 1.82. The Morgan fingerprint density at radius 3 is 2.35 bits per heavy atom. The molecule has 0 aliphatic carbocycles. The Hall–Kier alpha value is -3.15. The van der Waals surface area contributed by atoms with Gasteiger partial charge in [-0.2, -0.15) is 0 Å². The summed E-state index contributed by atoms with van der Waals surface area (Å²) in [5.74, 6) is -0.733. The molecule has 0 fully saturated rings. The molecule has 0 spiro atoms. The SMILES string of the molecule is COc1ccc(C(=O)NCC(=O)OCC(=O)c2cc(C)ccc2C)cc1. The molecule has 1 amide bonds. The van der Waals surface area contributed by atoms with Crippen molar-refractivity contribution in [1.82, 2.24) is 5.32 Å². The molecule has 0 aromatic heterocycles. The maximum atomic E-state index is 12.2. The molecule has 0 bridgehead atoms. The molecule has 2 aromatic carbocycles. The first-order valence-corrected chi connectivity index (χ1v) is 8.09. The van der Waals surface area contributed by atoms with Crippen LogP contribution in [0.5, 0.6) is 5.75 Å². The smallest absolute Gasteiger partial charge is 0.325 e. The van der Waals surface area contributed by atoms with Gasteiger partial charge in [0.15, 0.2) is 6.61 Å². The van der Waals surface area contributed by atoms with Crippen molar-refractivity contribution in [2.24, 2.45) is 0 Å². The zero-order chi connectivity index (χ0) is 19.1. The quantitative estimate of drug-likeness (QED) is 0.609. The number of esters is 1. The average Bonchev–Trinajstić information content (AvgIpc) is 2.66. The van der Waals surface area contributed by atoms with Gasteiger partial charge in [0.25, 0.3) is 5.91 Å². The minimum Gasteiger partial charge on any atom is -0.497 e. The lowest BCUT2D eigenvalue weighted by Crippen LogP contribution is -2.31. The Morgan fingerprint density at radius 1 is 1.00 bits per heavy atom. The monoisotopic (exact) mass is 355 g/mol. The van der Waals surface area contributed by atoms with Crippen molar-refractivity contribution in [2.45, 2.75) is 13.8 Å². The third kappa shape index (κ3) is 5.17. The third-order valence-corrected chi connectivity index (χ3v) is 3.80. The molecule has 0 aliphatic heterocycles. The highest BCUT2D eigenvalue weighted by Gasteiger charge is 2.14. The molecule has 26 heavy (non-hydrogen) atoms. The van der Waals surface area contributed by atoms with Gasteiger partial charge in [0.1, 0.15) is 12.3 Å². The first-order valence-electron chi connectivity index (χ1n) is 8.09. The summed E-state index contributed by atoms with van der Waals surface area (Å²) in [6.45, 7) is 3.03. The molecule has 2 aromatic rings. The summed E-state index contributed by atoms with van der Waals surface area (Å²) in [6, 6.07) is 12.0. The van der Waals surface area contributed by atoms with E-state index in [1.54, 1.807) is 30.3 Å². The zero-order valence-corrected chi connectivity index (χ0v) is 15.0. The lowest BCUT2D eigenvalue weighted by molar-refractivity contribution is -0.141. The van der Waals surface area contributed by atoms with Gasteiger partial charge in [0.2, 0.25) is 5.78 Å². The van der Waals surface area contributed by atoms with E-state index in [9.17, 15) is 14.4 Å². The second kappa shape index (κ2) is 8.80. The average molecular weight is 355 g/mol. The molecule has 0 radical (unpaired) electrons. The fourth-order valence-electron chi connectivity index (χ4n) is 2.31. The third-order valence-electron chi connectivity index (χ3n) is 3.80. The lowest BCUT2D eigenvalue weighted by atomic mass is 10.0. The van der Waals surface area contributed by atoms with Crippen molar-refractivity contribution in [3.05, 3.63) is 64.7 Å². The van der Waals surface area contributed by atoms with E-state index in [1.807, 2.05) is 26.0 Å². The van der Waals surface area contributed by atoms with Gasteiger partial charge in [0.05, 0.1) is 7.11 Å². The van der Waals surface area contributed by atoms with E-state index < -0.39 is 11.9 Å². The fourth-order valence-corrected chi connectivity index (χ4v) is 2.31. The fraction of sp³-hybridized carbons (Fsp3) is 0.250. The van der Waals surface area contributed by atoms with Crippen LogP contribution in [0.1, 0.15) is 31.8 Å². The maximum absolute atomic E-state index is 12.2. The number of Topliss-reactive ketones (excluding diaryl/α,β-unsaturated/α-hetero) is 1. The van der Waals surface area contributed by atoms with E-state index in [1.165, 1.54) is 7.11 Å². The molecule has 0 atom stereocenters. The standard InChI is InChI=1S/C20H21NO5/c1-13-4-5-14(2)17(10-13)18(22)12-26-19(23)11-21-20(24)15-6-8-16(25-3)9-7-15/h4-10H,11-12H2,1-3H3,(H,21,24). The predicted molar refractivity (Wildman–Crippen MR) is 96.5 cm³/mol. The minimum absolute atomic E-state index is 0.277. The van der Waals surface area contributed by atoms with Crippen LogP contribution in [0.25, 0.3) is 0 Å². The van der Waals surface area contributed by atoms with Crippen molar-refractivity contribution >= 4 is 17.7 Å². The number of ether oxygens (including phenoxy) is 2. The van der Waals surface area contributed by atoms with Gasteiger partial charge in [-0.1, -0.05) is 17.7 Å². The molecule has 0 heterocycles. The summed E-state index contributed by atoms with van der Waals surface area (Å²) in [7, 11) is 1.53. The molecule has 0 unspecified atom stereocenters.